The van der Waals surface area contributed by atoms with Crippen LogP contribution in [-0.2, 0) is 0 Å². The number of anilines is 2. The number of fused-ring (bicyclic) bond motifs is 2. The van der Waals surface area contributed by atoms with Crippen molar-refractivity contribution in [3.8, 4) is 0 Å². The van der Waals surface area contributed by atoms with Crippen molar-refractivity contribution in [2.45, 2.75) is 23.0 Å². The third-order valence-electron chi connectivity index (χ3n) is 2.86. The van der Waals surface area contributed by atoms with Crippen molar-refractivity contribution in [3.05, 3.63) is 33.1 Å². The fourth-order valence-corrected chi connectivity index (χ4v) is 4.72. The summed E-state index contributed by atoms with van der Waals surface area (Å²) in [6.07, 6.45) is 0. The molecule has 1 aliphatic heterocycles. The van der Waals surface area contributed by atoms with E-state index >= 15 is 0 Å². The summed E-state index contributed by atoms with van der Waals surface area (Å²) < 4.78 is 2.49. The van der Waals surface area contributed by atoms with Crippen LogP contribution in [0.3, 0.4) is 0 Å². The van der Waals surface area contributed by atoms with Crippen LogP contribution in [0.15, 0.2) is 31.1 Å². The highest BCUT2D eigenvalue weighted by Crippen LogP contribution is 2.51. The number of hydrogen-bond acceptors (Lipinski definition) is 3. The van der Waals surface area contributed by atoms with E-state index in [1.165, 1.54) is 31.6 Å². The highest BCUT2D eigenvalue weighted by Gasteiger charge is 2.21. The molecular formula is C12H10BrNS2. The van der Waals surface area contributed by atoms with Crippen molar-refractivity contribution in [2.24, 2.45) is 0 Å². The first-order chi connectivity index (χ1) is 7.66. The maximum Gasteiger partial charge on any atom is 0.0894 e. The summed E-state index contributed by atoms with van der Waals surface area (Å²) in [4.78, 5) is 1.32. The predicted molar refractivity (Wildman–Crippen MR) is 75.3 cm³/mol. The molecule has 2 aromatic rings. The molecule has 0 atom stereocenters. The molecule has 16 heavy (non-hydrogen) atoms. The molecular weight excluding hydrogens is 302 g/mol. The lowest BCUT2D eigenvalue weighted by Gasteiger charge is -2.21. The maximum absolute atomic E-state index is 3.58. The first-order valence-electron chi connectivity index (χ1n) is 4.99. The average molecular weight is 312 g/mol. The van der Waals surface area contributed by atoms with Gasteiger partial charge in [0.15, 0.2) is 0 Å². The molecule has 1 N–H and O–H groups in total. The zero-order valence-corrected chi connectivity index (χ0v) is 12.1. The molecule has 1 aromatic carbocycles. The van der Waals surface area contributed by atoms with E-state index in [1.54, 1.807) is 11.3 Å². The SMILES string of the molecule is Cc1ccc2c(c1C)Nc1c(Br)csc1S2. The van der Waals surface area contributed by atoms with E-state index in [-0.39, 0.29) is 0 Å². The zero-order chi connectivity index (χ0) is 11.3. The van der Waals surface area contributed by atoms with Gasteiger partial charge in [0.2, 0.25) is 0 Å². The van der Waals surface area contributed by atoms with Crippen molar-refractivity contribution in [3.63, 3.8) is 0 Å². The Morgan fingerprint density at radius 2 is 2.00 bits per heavy atom. The van der Waals surface area contributed by atoms with E-state index in [1.807, 2.05) is 11.8 Å². The molecule has 82 valence electrons. The second-order valence-electron chi connectivity index (χ2n) is 3.85. The molecule has 1 aromatic heterocycles. The Kier molecular flexibility index (Phi) is 2.53. The van der Waals surface area contributed by atoms with Crippen LogP contribution in [0, 0.1) is 13.8 Å². The van der Waals surface area contributed by atoms with Crippen molar-refractivity contribution in [2.75, 3.05) is 5.32 Å². The molecule has 1 aliphatic rings. The summed E-state index contributed by atoms with van der Waals surface area (Å²) in [7, 11) is 0. The fraction of sp³-hybridized carbons (Fsp3) is 0.167. The molecule has 0 unspecified atom stereocenters. The molecule has 3 rings (SSSR count). The third-order valence-corrected chi connectivity index (χ3v) is 6.05. The maximum atomic E-state index is 3.58. The number of rotatable bonds is 0. The lowest BCUT2D eigenvalue weighted by atomic mass is 10.1. The largest absolute Gasteiger partial charge is 0.352 e. The van der Waals surface area contributed by atoms with E-state index in [9.17, 15) is 0 Å². The van der Waals surface area contributed by atoms with Gasteiger partial charge in [-0.3, -0.25) is 0 Å². The molecule has 0 fully saturated rings. The molecule has 0 amide bonds. The van der Waals surface area contributed by atoms with Gasteiger partial charge in [-0.05, 0) is 47.0 Å². The van der Waals surface area contributed by atoms with Crippen LogP contribution >= 0.6 is 39.0 Å². The standard InChI is InChI=1S/C12H10BrNS2/c1-6-3-4-9-10(7(6)2)14-11-8(13)5-15-12(11)16-9/h3-5,14H,1-2H3. The normalized spacial score (nSPS) is 12.9. The summed E-state index contributed by atoms with van der Waals surface area (Å²) in [5.74, 6) is 0. The molecule has 0 radical (unpaired) electrons. The van der Waals surface area contributed by atoms with E-state index in [4.69, 9.17) is 0 Å². The molecule has 1 nitrogen and oxygen atoms in total. The first kappa shape index (κ1) is 10.7. The van der Waals surface area contributed by atoms with Crippen LogP contribution in [0.25, 0.3) is 0 Å². The number of benzene rings is 1. The summed E-state index contributed by atoms with van der Waals surface area (Å²) in [5, 5.41) is 5.68. The van der Waals surface area contributed by atoms with E-state index in [0.717, 1.165) is 4.47 Å². The van der Waals surface area contributed by atoms with E-state index in [2.05, 4.69) is 52.6 Å². The first-order valence-corrected chi connectivity index (χ1v) is 7.48. The molecule has 0 spiro atoms. The zero-order valence-electron chi connectivity index (χ0n) is 8.93. The van der Waals surface area contributed by atoms with Crippen LogP contribution in [-0.4, -0.2) is 0 Å². The Morgan fingerprint density at radius 3 is 2.81 bits per heavy atom. The summed E-state index contributed by atoms with van der Waals surface area (Å²) in [6.45, 7) is 4.33. The Bertz CT molecular complexity index is 575. The Hall–Kier alpha value is -0.450. The van der Waals surface area contributed by atoms with Gasteiger partial charge < -0.3 is 5.32 Å². The van der Waals surface area contributed by atoms with Crippen molar-refractivity contribution in [1.82, 2.24) is 0 Å². The molecule has 0 saturated heterocycles. The molecule has 4 heteroatoms. The van der Waals surface area contributed by atoms with E-state index < -0.39 is 0 Å². The van der Waals surface area contributed by atoms with Crippen molar-refractivity contribution in [1.29, 1.82) is 0 Å². The Balaban J connectivity index is 2.17. The quantitative estimate of drug-likeness (QED) is 0.601. The molecule has 0 bridgehead atoms. The minimum Gasteiger partial charge on any atom is -0.352 e. The topological polar surface area (TPSA) is 12.0 Å². The van der Waals surface area contributed by atoms with Gasteiger partial charge >= 0.3 is 0 Å². The van der Waals surface area contributed by atoms with Crippen LogP contribution in [0.1, 0.15) is 11.1 Å². The van der Waals surface area contributed by atoms with Gasteiger partial charge in [-0.1, -0.05) is 17.8 Å². The van der Waals surface area contributed by atoms with Crippen LogP contribution in [0.4, 0.5) is 11.4 Å². The number of thiophene rings is 1. The van der Waals surface area contributed by atoms with E-state index in [0.29, 0.717) is 0 Å². The smallest absolute Gasteiger partial charge is 0.0894 e. The molecule has 0 aliphatic carbocycles. The van der Waals surface area contributed by atoms with Gasteiger partial charge in [-0.2, -0.15) is 0 Å². The van der Waals surface area contributed by atoms with Gasteiger partial charge in [-0.25, -0.2) is 0 Å². The lowest BCUT2D eigenvalue weighted by molar-refractivity contribution is 1.25. The number of halogens is 1. The Morgan fingerprint density at radius 1 is 1.19 bits per heavy atom. The van der Waals surface area contributed by atoms with Crippen LogP contribution in [0.5, 0.6) is 0 Å². The monoisotopic (exact) mass is 311 g/mol. The number of aryl methyl sites for hydroxylation is 1. The van der Waals surface area contributed by atoms with Crippen LogP contribution < -0.4 is 5.32 Å². The molecule has 2 heterocycles. The third kappa shape index (κ3) is 1.51. The second kappa shape index (κ2) is 3.79. The van der Waals surface area contributed by atoms with Crippen molar-refractivity contribution < 1.29 is 0 Å². The highest BCUT2D eigenvalue weighted by atomic mass is 79.9. The Labute approximate surface area is 111 Å². The van der Waals surface area contributed by atoms with Crippen molar-refractivity contribution >= 4 is 50.4 Å². The predicted octanol–water partition coefficient (Wildman–Crippen LogP) is 5.34. The average Bonchev–Trinajstić information content (AvgIpc) is 2.64. The van der Waals surface area contributed by atoms with Gasteiger partial charge in [0, 0.05) is 10.3 Å². The minimum absolute atomic E-state index is 1.16. The summed E-state index contributed by atoms with van der Waals surface area (Å²) in [6, 6.07) is 4.39. The minimum atomic E-state index is 1.16. The number of nitrogens with one attached hydrogen (secondary N) is 1. The second-order valence-corrected chi connectivity index (χ2v) is 6.90. The summed E-state index contributed by atoms with van der Waals surface area (Å²) in [5.41, 5.74) is 5.16. The summed E-state index contributed by atoms with van der Waals surface area (Å²) >= 11 is 7.21. The highest BCUT2D eigenvalue weighted by molar-refractivity contribution is 9.10. The number of hydrogen-bond donors (Lipinski definition) is 1. The van der Waals surface area contributed by atoms with Gasteiger partial charge in [0.25, 0.3) is 0 Å². The molecule has 0 saturated carbocycles. The van der Waals surface area contributed by atoms with Gasteiger partial charge in [-0.15, -0.1) is 11.3 Å². The lowest BCUT2D eigenvalue weighted by Crippen LogP contribution is -2.01. The van der Waals surface area contributed by atoms with Crippen LogP contribution in [0.2, 0.25) is 0 Å². The van der Waals surface area contributed by atoms with Gasteiger partial charge in [0.05, 0.1) is 20.1 Å². The fourth-order valence-electron chi connectivity index (χ4n) is 1.76. The van der Waals surface area contributed by atoms with Gasteiger partial charge in [0.1, 0.15) is 0 Å².